The molecule has 1 unspecified atom stereocenters. The molecule has 0 radical (unpaired) electrons. The van der Waals surface area contributed by atoms with E-state index in [9.17, 15) is 19.5 Å². The Morgan fingerprint density at radius 2 is 1.90 bits per heavy atom. The first kappa shape index (κ1) is 15.0. The topological polar surface area (TPSA) is 74.7 Å². The molecule has 1 saturated carbocycles. The van der Waals surface area contributed by atoms with Crippen LogP contribution in [0.4, 0.5) is 0 Å². The highest BCUT2D eigenvalue weighted by Gasteiger charge is 2.58. The van der Waals surface area contributed by atoms with Crippen LogP contribution >= 0.6 is 0 Å². The van der Waals surface area contributed by atoms with Crippen molar-refractivity contribution < 1.29 is 19.5 Å². The van der Waals surface area contributed by atoms with Crippen LogP contribution < -0.4 is 0 Å². The van der Waals surface area contributed by atoms with E-state index in [1.807, 2.05) is 6.92 Å². The Morgan fingerprint density at radius 1 is 1.30 bits per heavy atom. The average molecular weight is 281 g/mol. The van der Waals surface area contributed by atoms with E-state index in [4.69, 9.17) is 0 Å². The van der Waals surface area contributed by atoms with Crippen LogP contribution in [0.25, 0.3) is 0 Å². The number of likely N-dealkylation sites (tertiary alicyclic amines) is 1. The molecule has 1 aliphatic carbocycles. The van der Waals surface area contributed by atoms with Gasteiger partial charge in [-0.25, -0.2) is 4.79 Å². The molecule has 1 N–H and O–H groups in total. The van der Waals surface area contributed by atoms with Gasteiger partial charge in [-0.1, -0.05) is 32.6 Å². The first-order chi connectivity index (χ1) is 9.37. The third-order valence-corrected chi connectivity index (χ3v) is 4.90. The lowest BCUT2D eigenvalue weighted by atomic mass is 9.73. The second-order valence-corrected chi connectivity index (χ2v) is 6.38. The smallest absolute Gasteiger partial charge is 0.329 e. The van der Waals surface area contributed by atoms with Crippen molar-refractivity contribution >= 4 is 17.8 Å². The van der Waals surface area contributed by atoms with Crippen molar-refractivity contribution in [2.24, 2.45) is 5.41 Å². The Bertz CT molecular complexity index is 439. The van der Waals surface area contributed by atoms with Gasteiger partial charge < -0.3 is 5.11 Å². The van der Waals surface area contributed by atoms with Crippen LogP contribution in [0, 0.1) is 5.41 Å². The normalized spacial score (nSPS) is 25.0. The molecule has 112 valence electrons. The molecule has 20 heavy (non-hydrogen) atoms. The molecular weight excluding hydrogens is 258 g/mol. The lowest BCUT2D eigenvalue weighted by Gasteiger charge is -2.36. The molecule has 0 aromatic carbocycles. The Hall–Kier alpha value is -1.39. The summed E-state index contributed by atoms with van der Waals surface area (Å²) in [5.74, 6) is -1.65. The molecule has 1 aliphatic heterocycles. The van der Waals surface area contributed by atoms with Gasteiger partial charge in [0.1, 0.15) is 5.54 Å². The van der Waals surface area contributed by atoms with Gasteiger partial charge in [0.25, 0.3) is 0 Å². The van der Waals surface area contributed by atoms with Crippen molar-refractivity contribution in [1.82, 2.24) is 4.90 Å². The van der Waals surface area contributed by atoms with Crippen LogP contribution in [0.1, 0.15) is 65.2 Å². The number of carbonyl (C=O) groups is 3. The van der Waals surface area contributed by atoms with E-state index in [0.29, 0.717) is 12.8 Å². The molecule has 0 aromatic rings. The highest BCUT2D eigenvalue weighted by Crippen LogP contribution is 2.47. The van der Waals surface area contributed by atoms with Gasteiger partial charge in [-0.3, -0.25) is 14.5 Å². The maximum absolute atomic E-state index is 12.8. The van der Waals surface area contributed by atoms with Crippen LogP contribution in [0.2, 0.25) is 0 Å². The van der Waals surface area contributed by atoms with E-state index < -0.39 is 16.9 Å². The highest BCUT2D eigenvalue weighted by molar-refractivity contribution is 6.09. The number of rotatable bonds is 4. The zero-order valence-electron chi connectivity index (χ0n) is 12.3. The molecule has 1 heterocycles. The summed E-state index contributed by atoms with van der Waals surface area (Å²) < 4.78 is 0. The molecule has 1 atom stereocenters. The maximum Gasteiger partial charge on any atom is 0.329 e. The van der Waals surface area contributed by atoms with Crippen LogP contribution in [0.3, 0.4) is 0 Å². The van der Waals surface area contributed by atoms with Crippen molar-refractivity contribution in [2.45, 2.75) is 70.8 Å². The fourth-order valence-electron chi connectivity index (χ4n) is 3.71. The number of nitrogens with zero attached hydrogens (tertiary/aromatic N) is 1. The van der Waals surface area contributed by atoms with Gasteiger partial charge in [0.2, 0.25) is 11.8 Å². The summed E-state index contributed by atoms with van der Waals surface area (Å²) in [7, 11) is 0. The zero-order valence-corrected chi connectivity index (χ0v) is 12.3. The van der Waals surface area contributed by atoms with Crippen LogP contribution in [0.15, 0.2) is 0 Å². The SMILES string of the molecule is CCCC(C)(C(=O)O)N1C(=O)CC2(CCCCC2)C1=O. The van der Waals surface area contributed by atoms with E-state index in [1.54, 1.807) is 0 Å². The summed E-state index contributed by atoms with van der Waals surface area (Å²) in [6.07, 6.45) is 5.54. The summed E-state index contributed by atoms with van der Waals surface area (Å²) >= 11 is 0. The highest BCUT2D eigenvalue weighted by atomic mass is 16.4. The fraction of sp³-hybridized carbons (Fsp3) is 0.800. The molecule has 2 amide bonds. The summed E-state index contributed by atoms with van der Waals surface area (Å²) in [6, 6.07) is 0. The van der Waals surface area contributed by atoms with Gasteiger partial charge in [-0.2, -0.15) is 0 Å². The first-order valence-electron chi connectivity index (χ1n) is 7.48. The van der Waals surface area contributed by atoms with Crippen molar-refractivity contribution in [1.29, 1.82) is 0 Å². The second kappa shape index (κ2) is 5.19. The van der Waals surface area contributed by atoms with Gasteiger partial charge >= 0.3 is 5.97 Å². The number of hydrogen-bond donors (Lipinski definition) is 1. The number of carboxylic acids is 1. The molecule has 2 rings (SSSR count). The average Bonchev–Trinajstić information content (AvgIpc) is 2.62. The molecule has 2 aliphatic rings. The van der Waals surface area contributed by atoms with Crippen molar-refractivity contribution in [2.75, 3.05) is 0 Å². The van der Waals surface area contributed by atoms with E-state index in [0.717, 1.165) is 37.0 Å². The lowest BCUT2D eigenvalue weighted by molar-refractivity contribution is -0.164. The first-order valence-corrected chi connectivity index (χ1v) is 7.48. The molecule has 0 bridgehead atoms. The Kier molecular flexibility index (Phi) is 3.89. The van der Waals surface area contributed by atoms with Crippen LogP contribution in [-0.4, -0.2) is 33.3 Å². The largest absolute Gasteiger partial charge is 0.479 e. The molecule has 0 aromatic heterocycles. The Balaban J connectivity index is 2.34. The van der Waals surface area contributed by atoms with Crippen molar-refractivity contribution in [3.8, 4) is 0 Å². The van der Waals surface area contributed by atoms with Gasteiger partial charge in [-0.15, -0.1) is 0 Å². The van der Waals surface area contributed by atoms with E-state index in [2.05, 4.69) is 0 Å². The summed E-state index contributed by atoms with van der Waals surface area (Å²) in [4.78, 5) is 37.8. The quantitative estimate of drug-likeness (QED) is 0.803. The summed E-state index contributed by atoms with van der Waals surface area (Å²) in [5.41, 5.74) is -2.01. The number of carboxylic acid groups (broad SMARTS) is 1. The van der Waals surface area contributed by atoms with Gasteiger partial charge in [0.05, 0.1) is 5.41 Å². The van der Waals surface area contributed by atoms with Crippen LogP contribution in [0.5, 0.6) is 0 Å². The monoisotopic (exact) mass is 281 g/mol. The fourth-order valence-corrected chi connectivity index (χ4v) is 3.71. The maximum atomic E-state index is 12.8. The van der Waals surface area contributed by atoms with Gasteiger partial charge in [0.15, 0.2) is 0 Å². The van der Waals surface area contributed by atoms with E-state index >= 15 is 0 Å². The minimum absolute atomic E-state index is 0.193. The lowest BCUT2D eigenvalue weighted by Crippen LogP contribution is -2.56. The molecule has 5 nitrogen and oxygen atoms in total. The molecule has 1 spiro atoms. The number of carbonyl (C=O) groups excluding carboxylic acids is 2. The third kappa shape index (κ3) is 2.13. The van der Waals surface area contributed by atoms with Crippen LogP contribution in [-0.2, 0) is 14.4 Å². The molecule has 1 saturated heterocycles. The van der Waals surface area contributed by atoms with E-state index in [1.165, 1.54) is 6.92 Å². The minimum Gasteiger partial charge on any atom is -0.479 e. The minimum atomic E-state index is -1.40. The van der Waals surface area contributed by atoms with Crippen molar-refractivity contribution in [3.63, 3.8) is 0 Å². The number of hydrogen-bond acceptors (Lipinski definition) is 3. The third-order valence-electron chi connectivity index (χ3n) is 4.90. The number of imide groups is 1. The van der Waals surface area contributed by atoms with Gasteiger partial charge in [-0.05, 0) is 26.2 Å². The number of amides is 2. The number of aliphatic carboxylic acids is 1. The molecule has 5 heteroatoms. The summed E-state index contributed by atoms with van der Waals surface area (Å²) in [5, 5.41) is 9.50. The standard InChI is InChI=1S/C15H23NO4/c1-3-7-14(2,13(19)20)16-11(17)10-15(12(16)18)8-5-4-6-9-15/h3-10H2,1-2H3,(H,19,20). The van der Waals surface area contributed by atoms with Crippen molar-refractivity contribution in [3.05, 3.63) is 0 Å². The Labute approximate surface area is 119 Å². The Morgan fingerprint density at radius 3 is 2.40 bits per heavy atom. The molecular formula is C15H23NO4. The second-order valence-electron chi connectivity index (χ2n) is 6.38. The molecule has 2 fully saturated rings. The summed E-state index contributed by atoms with van der Waals surface area (Å²) in [6.45, 7) is 3.36. The zero-order chi connectivity index (χ0) is 15.0. The predicted molar refractivity (Wildman–Crippen MR) is 72.9 cm³/mol. The van der Waals surface area contributed by atoms with E-state index in [-0.39, 0.29) is 18.2 Å². The van der Waals surface area contributed by atoms with Gasteiger partial charge in [0, 0.05) is 6.42 Å². The predicted octanol–water partition coefficient (Wildman–Crippen LogP) is 2.34.